The number of carbonyl (C=O) groups excluding carboxylic acids is 1. The number of urea groups is 1. The Morgan fingerprint density at radius 1 is 1.04 bits per heavy atom. The Hall–Kier alpha value is -3.02. The van der Waals surface area contributed by atoms with Crippen molar-refractivity contribution in [1.82, 2.24) is 5.43 Å². The zero-order valence-electron chi connectivity index (χ0n) is 13.3. The smallest absolute Gasteiger partial charge is 0.339 e. The fraction of sp³-hybridized carbons (Fsp3) is 0.176. The van der Waals surface area contributed by atoms with Gasteiger partial charge in [-0.3, -0.25) is 0 Å². The Kier molecular flexibility index (Phi) is 5.57. The first-order valence-corrected chi connectivity index (χ1v) is 7.02. The van der Waals surface area contributed by atoms with Crippen molar-refractivity contribution in [3.8, 4) is 11.5 Å². The van der Waals surface area contributed by atoms with E-state index in [2.05, 4.69) is 15.8 Å². The monoisotopic (exact) mass is 313 g/mol. The zero-order valence-corrected chi connectivity index (χ0v) is 13.3. The molecule has 0 saturated carbocycles. The van der Waals surface area contributed by atoms with Gasteiger partial charge >= 0.3 is 6.03 Å². The molecule has 0 spiro atoms. The van der Waals surface area contributed by atoms with Crippen molar-refractivity contribution in [3.05, 3.63) is 54.1 Å². The van der Waals surface area contributed by atoms with Gasteiger partial charge in [-0.15, -0.1) is 0 Å². The lowest BCUT2D eigenvalue weighted by Gasteiger charge is -2.10. The summed E-state index contributed by atoms with van der Waals surface area (Å²) in [4.78, 5) is 11.8. The molecule has 6 heteroatoms. The second-order valence-electron chi connectivity index (χ2n) is 4.70. The number of ether oxygens (including phenoxy) is 2. The molecule has 0 unspecified atom stereocenters. The highest BCUT2D eigenvalue weighted by molar-refractivity contribution is 6.02. The van der Waals surface area contributed by atoms with Crippen LogP contribution >= 0.6 is 0 Å². The van der Waals surface area contributed by atoms with E-state index in [4.69, 9.17) is 9.47 Å². The number of rotatable bonds is 5. The summed E-state index contributed by atoms with van der Waals surface area (Å²) in [5.41, 5.74) is 4.54. The summed E-state index contributed by atoms with van der Waals surface area (Å²) in [7, 11) is 3.16. The quantitative estimate of drug-likeness (QED) is 0.657. The fourth-order valence-electron chi connectivity index (χ4n) is 1.97. The lowest BCUT2D eigenvalue weighted by atomic mass is 10.1. The first-order chi connectivity index (χ1) is 11.1. The molecule has 120 valence electrons. The van der Waals surface area contributed by atoms with Crippen molar-refractivity contribution in [1.29, 1.82) is 0 Å². The molecule has 2 N–H and O–H groups in total. The van der Waals surface area contributed by atoms with Crippen LogP contribution in [0.2, 0.25) is 0 Å². The highest BCUT2D eigenvalue weighted by atomic mass is 16.5. The van der Waals surface area contributed by atoms with Gasteiger partial charge in [-0.2, -0.15) is 5.10 Å². The first kappa shape index (κ1) is 16.4. The van der Waals surface area contributed by atoms with Gasteiger partial charge in [0.15, 0.2) is 0 Å². The average molecular weight is 313 g/mol. The molecule has 2 aromatic rings. The third-order valence-corrected chi connectivity index (χ3v) is 3.16. The number of methoxy groups -OCH3 is 2. The van der Waals surface area contributed by atoms with Crippen LogP contribution in [0.3, 0.4) is 0 Å². The standard InChI is InChI=1S/C17H19N3O3/c1-12(15-10-9-14(22-2)11-16(15)23-3)19-20-17(21)18-13-7-5-4-6-8-13/h4-11H,1-3H3,(H2,18,20,21)/b19-12-. The van der Waals surface area contributed by atoms with Crippen LogP contribution in [0.5, 0.6) is 11.5 Å². The molecular formula is C17H19N3O3. The SMILES string of the molecule is COc1ccc(/C(C)=N\NC(=O)Nc2ccccc2)c(OC)c1. The topological polar surface area (TPSA) is 72.0 Å². The van der Waals surface area contributed by atoms with Crippen LogP contribution in [0.4, 0.5) is 10.5 Å². The Morgan fingerprint density at radius 2 is 1.78 bits per heavy atom. The number of anilines is 1. The number of amides is 2. The van der Waals surface area contributed by atoms with E-state index in [-0.39, 0.29) is 0 Å². The number of carbonyl (C=O) groups is 1. The van der Waals surface area contributed by atoms with Gasteiger partial charge in [0.05, 0.1) is 19.9 Å². The molecule has 0 radical (unpaired) electrons. The number of benzene rings is 2. The van der Waals surface area contributed by atoms with Crippen LogP contribution in [0.15, 0.2) is 53.6 Å². The van der Waals surface area contributed by atoms with E-state index in [9.17, 15) is 4.79 Å². The van der Waals surface area contributed by atoms with Crippen LogP contribution in [0, 0.1) is 0 Å². The van der Waals surface area contributed by atoms with E-state index >= 15 is 0 Å². The highest BCUT2D eigenvalue weighted by Gasteiger charge is 2.08. The molecule has 23 heavy (non-hydrogen) atoms. The number of hydrogen-bond donors (Lipinski definition) is 2. The summed E-state index contributed by atoms with van der Waals surface area (Å²) in [6.45, 7) is 1.78. The molecule has 0 fully saturated rings. The van der Waals surface area contributed by atoms with Crippen molar-refractivity contribution in [2.45, 2.75) is 6.92 Å². The van der Waals surface area contributed by atoms with Crippen LogP contribution in [-0.2, 0) is 0 Å². The highest BCUT2D eigenvalue weighted by Crippen LogP contribution is 2.25. The minimum absolute atomic E-state index is 0.414. The molecule has 2 amide bonds. The Labute approximate surface area is 135 Å². The Bertz CT molecular complexity index is 699. The van der Waals surface area contributed by atoms with Crippen LogP contribution in [0.25, 0.3) is 0 Å². The average Bonchev–Trinajstić information content (AvgIpc) is 2.60. The van der Waals surface area contributed by atoms with Crippen LogP contribution in [-0.4, -0.2) is 26.0 Å². The zero-order chi connectivity index (χ0) is 16.7. The summed E-state index contributed by atoms with van der Waals surface area (Å²) in [5.74, 6) is 1.31. The van der Waals surface area contributed by atoms with Crippen molar-refractivity contribution in [2.24, 2.45) is 5.10 Å². The molecule has 0 aliphatic rings. The maximum Gasteiger partial charge on any atom is 0.339 e. The number of nitrogens with zero attached hydrogens (tertiary/aromatic N) is 1. The van der Waals surface area contributed by atoms with Crippen molar-refractivity contribution in [2.75, 3.05) is 19.5 Å². The maximum absolute atomic E-state index is 11.8. The summed E-state index contributed by atoms with van der Waals surface area (Å²) in [5, 5.41) is 6.78. The van der Waals surface area contributed by atoms with E-state index in [0.717, 1.165) is 5.56 Å². The molecule has 0 saturated heterocycles. The third kappa shape index (κ3) is 4.47. The molecule has 0 heterocycles. The van der Waals surface area contributed by atoms with Gasteiger partial charge in [-0.05, 0) is 31.2 Å². The maximum atomic E-state index is 11.8. The van der Waals surface area contributed by atoms with Gasteiger partial charge < -0.3 is 14.8 Å². The lowest BCUT2D eigenvalue weighted by molar-refractivity contribution is 0.252. The summed E-state index contributed by atoms with van der Waals surface area (Å²) in [6, 6.07) is 14.1. The van der Waals surface area contributed by atoms with Gasteiger partial charge in [0.2, 0.25) is 0 Å². The summed E-state index contributed by atoms with van der Waals surface area (Å²) in [6.07, 6.45) is 0. The van der Waals surface area contributed by atoms with Crippen LogP contribution < -0.4 is 20.2 Å². The number of hydrazone groups is 1. The number of para-hydroxylation sites is 1. The normalized spacial score (nSPS) is 10.8. The molecular weight excluding hydrogens is 294 g/mol. The van der Waals surface area contributed by atoms with Crippen LogP contribution in [0.1, 0.15) is 12.5 Å². The third-order valence-electron chi connectivity index (χ3n) is 3.16. The van der Waals surface area contributed by atoms with Crippen molar-refractivity contribution < 1.29 is 14.3 Å². The van der Waals surface area contributed by atoms with Gasteiger partial charge in [0.25, 0.3) is 0 Å². The van der Waals surface area contributed by atoms with Gasteiger partial charge in [-0.25, -0.2) is 10.2 Å². The fourth-order valence-corrected chi connectivity index (χ4v) is 1.97. The predicted molar refractivity (Wildman–Crippen MR) is 90.4 cm³/mol. The minimum Gasteiger partial charge on any atom is -0.497 e. The molecule has 6 nitrogen and oxygen atoms in total. The van der Waals surface area contributed by atoms with E-state index in [1.54, 1.807) is 45.4 Å². The van der Waals surface area contributed by atoms with Crippen molar-refractivity contribution in [3.63, 3.8) is 0 Å². The summed E-state index contributed by atoms with van der Waals surface area (Å²) >= 11 is 0. The molecule has 0 aliphatic carbocycles. The molecule has 0 aromatic heterocycles. The molecule has 2 aromatic carbocycles. The Morgan fingerprint density at radius 3 is 2.43 bits per heavy atom. The second-order valence-corrected chi connectivity index (χ2v) is 4.70. The summed E-state index contributed by atoms with van der Waals surface area (Å²) < 4.78 is 10.5. The van der Waals surface area contributed by atoms with Gasteiger partial charge in [0.1, 0.15) is 11.5 Å². The van der Waals surface area contributed by atoms with E-state index in [1.807, 2.05) is 24.3 Å². The van der Waals surface area contributed by atoms with Gasteiger partial charge in [0, 0.05) is 17.3 Å². The van der Waals surface area contributed by atoms with Crippen molar-refractivity contribution >= 4 is 17.4 Å². The number of nitrogens with one attached hydrogen (secondary N) is 2. The molecule has 0 atom stereocenters. The predicted octanol–water partition coefficient (Wildman–Crippen LogP) is 3.25. The van der Waals surface area contributed by atoms with Gasteiger partial charge in [-0.1, -0.05) is 18.2 Å². The largest absolute Gasteiger partial charge is 0.497 e. The molecule has 0 aliphatic heterocycles. The van der Waals surface area contributed by atoms with E-state index in [0.29, 0.717) is 22.9 Å². The first-order valence-electron chi connectivity index (χ1n) is 7.02. The van der Waals surface area contributed by atoms with E-state index in [1.165, 1.54) is 0 Å². The Balaban J connectivity index is 2.06. The molecule has 0 bridgehead atoms. The second kappa shape index (κ2) is 7.84. The minimum atomic E-state index is -0.414. The molecule has 2 rings (SSSR count). The van der Waals surface area contributed by atoms with E-state index < -0.39 is 6.03 Å². The number of hydrogen-bond acceptors (Lipinski definition) is 4. The lowest BCUT2D eigenvalue weighted by Crippen LogP contribution is -2.25.